The van der Waals surface area contributed by atoms with Gasteiger partial charge in [0.25, 0.3) is 0 Å². The minimum absolute atomic E-state index is 0.121. The van der Waals surface area contributed by atoms with Gasteiger partial charge in [0.05, 0.1) is 5.02 Å². The second kappa shape index (κ2) is 7.11. The van der Waals surface area contributed by atoms with Crippen molar-refractivity contribution >= 4 is 27.5 Å². The Bertz CT molecular complexity index is 571. The van der Waals surface area contributed by atoms with Crippen LogP contribution in [0.2, 0.25) is 5.02 Å². The fourth-order valence-electron chi connectivity index (χ4n) is 2.09. The van der Waals surface area contributed by atoms with E-state index in [4.69, 9.17) is 11.6 Å². The molecule has 0 radical (unpaired) electrons. The van der Waals surface area contributed by atoms with Crippen LogP contribution in [0.3, 0.4) is 0 Å². The van der Waals surface area contributed by atoms with E-state index in [9.17, 15) is 5.11 Å². The van der Waals surface area contributed by atoms with Crippen LogP contribution in [0.4, 0.5) is 0 Å². The predicted molar refractivity (Wildman–Crippen MR) is 87.1 cm³/mol. The van der Waals surface area contributed by atoms with Gasteiger partial charge in [0, 0.05) is 17.1 Å². The Kier molecular flexibility index (Phi) is 5.46. The molecule has 2 aromatic rings. The largest absolute Gasteiger partial charge is 0.506 e. The second-order valence-electron chi connectivity index (χ2n) is 4.68. The smallest absolute Gasteiger partial charge is 0.134 e. The van der Waals surface area contributed by atoms with Crippen LogP contribution in [0.15, 0.2) is 46.9 Å². The van der Waals surface area contributed by atoms with E-state index in [-0.39, 0.29) is 5.75 Å². The molecule has 0 fully saturated rings. The number of rotatable bonds is 5. The summed E-state index contributed by atoms with van der Waals surface area (Å²) in [7, 11) is 0. The molecular formula is C16H17BrClNO. The van der Waals surface area contributed by atoms with Crippen molar-refractivity contribution in [1.82, 2.24) is 5.32 Å². The van der Waals surface area contributed by atoms with Gasteiger partial charge in [-0.3, -0.25) is 0 Å². The van der Waals surface area contributed by atoms with Crippen molar-refractivity contribution in [2.45, 2.75) is 25.9 Å². The minimum atomic E-state index is 0.121. The van der Waals surface area contributed by atoms with Gasteiger partial charge in [-0.15, -0.1) is 0 Å². The molecule has 0 aliphatic heterocycles. The van der Waals surface area contributed by atoms with Gasteiger partial charge >= 0.3 is 0 Å². The molecule has 0 saturated carbocycles. The summed E-state index contributed by atoms with van der Waals surface area (Å²) in [5.74, 6) is 0.121. The van der Waals surface area contributed by atoms with Crippen LogP contribution in [0.5, 0.6) is 5.75 Å². The maximum absolute atomic E-state index is 9.41. The second-order valence-corrected chi connectivity index (χ2v) is 6.00. The summed E-state index contributed by atoms with van der Waals surface area (Å²) in [6.45, 7) is 2.87. The first-order chi connectivity index (χ1) is 9.60. The van der Waals surface area contributed by atoms with Crippen LogP contribution in [0.1, 0.15) is 30.5 Å². The Labute approximate surface area is 132 Å². The molecule has 2 aromatic carbocycles. The van der Waals surface area contributed by atoms with E-state index >= 15 is 0 Å². The topological polar surface area (TPSA) is 32.3 Å². The van der Waals surface area contributed by atoms with Crippen LogP contribution in [0, 0.1) is 0 Å². The maximum Gasteiger partial charge on any atom is 0.134 e. The highest BCUT2D eigenvalue weighted by Crippen LogP contribution is 2.24. The van der Waals surface area contributed by atoms with Crippen molar-refractivity contribution in [2.75, 3.05) is 0 Å². The molecule has 2 rings (SSSR count). The van der Waals surface area contributed by atoms with E-state index in [1.165, 1.54) is 5.56 Å². The highest BCUT2D eigenvalue weighted by Gasteiger charge is 2.09. The number of nitrogens with one attached hydrogen (secondary N) is 1. The molecule has 0 heterocycles. The summed E-state index contributed by atoms with van der Waals surface area (Å²) in [5.41, 5.74) is 2.32. The predicted octanol–water partition coefficient (Wildman–Crippen LogP) is 5.05. The Balaban J connectivity index is 2.03. The van der Waals surface area contributed by atoms with E-state index < -0.39 is 0 Å². The first kappa shape index (κ1) is 15.4. The third-order valence-corrected chi connectivity index (χ3v) is 4.08. The SMILES string of the molecule is CCC(NCc1ccc(O)c(Cl)c1)c1ccc(Br)cc1. The van der Waals surface area contributed by atoms with Crippen LogP contribution < -0.4 is 5.32 Å². The van der Waals surface area contributed by atoms with Gasteiger partial charge in [0.15, 0.2) is 0 Å². The zero-order chi connectivity index (χ0) is 14.5. The van der Waals surface area contributed by atoms with Crippen molar-refractivity contribution < 1.29 is 5.11 Å². The number of phenolic OH excluding ortho intramolecular Hbond substituents is 1. The molecule has 0 aromatic heterocycles. The molecule has 106 valence electrons. The Morgan fingerprint density at radius 1 is 1.20 bits per heavy atom. The fraction of sp³-hybridized carbons (Fsp3) is 0.250. The number of aromatic hydroxyl groups is 1. The van der Waals surface area contributed by atoms with Gasteiger partial charge in [-0.05, 0) is 41.8 Å². The average Bonchev–Trinajstić information content (AvgIpc) is 2.45. The zero-order valence-corrected chi connectivity index (χ0v) is 13.6. The molecule has 0 aliphatic carbocycles. The molecule has 0 spiro atoms. The van der Waals surface area contributed by atoms with Gasteiger partial charge in [0.1, 0.15) is 5.75 Å². The molecule has 4 heteroatoms. The quantitative estimate of drug-likeness (QED) is 0.787. The normalized spacial score (nSPS) is 12.3. The lowest BCUT2D eigenvalue weighted by Gasteiger charge is -2.18. The van der Waals surface area contributed by atoms with Crippen LogP contribution >= 0.6 is 27.5 Å². The van der Waals surface area contributed by atoms with Crippen LogP contribution in [0.25, 0.3) is 0 Å². The third-order valence-electron chi connectivity index (χ3n) is 3.25. The first-order valence-corrected chi connectivity index (χ1v) is 7.73. The zero-order valence-electron chi connectivity index (χ0n) is 11.2. The van der Waals surface area contributed by atoms with Gasteiger partial charge in [-0.2, -0.15) is 0 Å². The maximum atomic E-state index is 9.41. The molecule has 1 atom stereocenters. The standard InChI is InChI=1S/C16H17BrClNO/c1-2-15(12-4-6-13(17)7-5-12)19-10-11-3-8-16(20)14(18)9-11/h3-9,15,19-20H,2,10H2,1H3. The van der Waals surface area contributed by atoms with Gasteiger partial charge in [-0.1, -0.05) is 52.7 Å². The Morgan fingerprint density at radius 2 is 1.90 bits per heavy atom. The van der Waals surface area contributed by atoms with Crippen molar-refractivity contribution in [3.63, 3.8) is 0 Å². The highest BCUT2D eigenvalue weighted by atomic mass is 79.9. The van der Waals surface area contributed by atoms with Crippen molar-refractivity contribution in [2.24, 2.45) is 0 Å². The van der Waals surface area contributed by atoms with E-state index in [0.717, 1.165) is 16.5 Å². The van der Waals surface area contributed by atoms with E-state index in [1.807, 2.05) is 6.07 Å². The summed E-state index contributed by atoms with van der Waals surface area (Å²) in [6, 6.07) is 13.9. The van der Waals surface area contributed by atoms with Gasteiger partial charge < -0.3 is 10.4 Å². The molecule has 2 N–H and O–H groups in total. The molecule has 0 saturated heterocycles. The monoisotopic (exact) mass is 353 g/mol. The molecule has 20 heavy (non-hydrogen) atoms. The molecule has 0 amide bonds. The summed E-state index contributed by atoms with van der Waals surface area (Å²) >= 11 is 9.36. The number of halogens is 2. The Hall–Kier alpha value is -1.03. The van der Waals surface area contributed by atoms with Crippen molar-refractivity contribution in [3.05, 3.63) is 63.1 Å². The highest BCUT2D eigenvalue weighted by molar-refractivity contribution is 9.10. The molecule has 1 unspecified atom stereocenters. The van der Waals surface area contributed by atoms with Gasteiger partial charge in [-0.25, -0.2) is 0 Å². The third kappa shape index (κ3) is 3.98. The number of hydrogen-bond donors (Lipinski definition) is 2. The van der Waals surface area contributed by atoms with E-state index in [0.29, 0.717) is 17.6 Å². The minimum Gasteiger partial charge on any atom is -0.506 e. The number of hydrogen-bond acceptors (Lipinski definition) is 2. The van der Waals surface area contributed by atoms with E-state index in [1.54, 1.807) is 12.1 Å². The molecular weight excluding hydrogens is 338 g/mol. The van der Waals surface area contributed by atoms with E-state index in [2.05, 4.69) is 52.4 Å². The average molecular weight is 355 g/mol. The van der Waals surface area contributed by atoms with Gasteiger partial charge in [0.2, 0.25) is 0 Å². The van der Waals surface area contributed by atoms with Crippen molar-refractivity contribution in [3.8, 4) is 5.75 Å². The molecule has 2 nitrogen and oxygen atoms in total. The number of phenols is 1. The summed E-state index contributed by atoms with van der Waals surface area (Å²) < 4.78 is 1.08. The summed E-state index contributed by atoms with van der Waals surface area (Å²) in [4.78, 5) is 0. The summed E-state index contributed by atoms with van der Waals surface area (Å²) in [5, 5.41) is 13.3. The number of benzene rings is 2. The lowest BCUT2D eigenvalue weighted by atomic mass is 10.0. The van der Waals surface area contributed by atoms with Crippen LogP contribution in [-0.4, -0.2) is 5.11 Å². The molecule has 0 aliphatic rings. The summed E-state index contributed by atoms with van der Waals surface area (Å²) in [6.07, 6.45) is 1.01. The van der Waals surface area contributed by atoms with Crippen LogP contribution in [-0.2, 0) is 6.54 Å². The van der Waals surface area contributed by atoms with Crippen molar-refractivity contribution in [1.29, 1.82) is 0 Å². The Morgan fingerprint density at radius 3 is 2.50 bits per heavy atom. The lowest BCUT2D eigenvalue weighted by molar-refractivity contribution is 0.474. The fourth-order valence-corrected chi connectivity index (χ4v) is 2.56. The lowest BCUT2D eigenvalue weighted by Crippen LogP contribution is -2.20. The first-order valence-electron chi connectivity index (χ1n) is 6.56. The molecule has 0 bridgehead atoms.